The fourth-order valence-electron chi connectivity index (χ4n) is 2.86. The van der Waals surface area contributed by atoms with Crippen molar-refractivity contribution in [3.8, 4) is 0 Å². The van der Waals surface area contributed by atoms with Gasteiger partial charge in [0, 0.05) is 36.8 Å². The summed E-state index contributed by atoms with van der Waals surface area (Å²) >= 11 is 5.90. The molecule has 1 fully saturated rings. The summed E-state index contributed by atoms with van der Waals surface area (Å²) in [5, 5.41) is 3.85. The summed E-state index contributed by atoms with van der Waals surface area (Å²) in [6.07, 6.45) is 1.15. The number of piperazine rings is 1. The van der Waals surface area contributed by atoms with E-state index >= 15 is 0 Å². The third-order valence-corrected chi connectivity index (χ3v) is 5.09. The van der Waals surface area contributed by atoms with Crippen molar-refractivity contribution in [1.82, 2.24) is 10.2 Å². The number of nitrogens with one attached hydrogen (secondary N) is 1. The maximum absolute atomic E-state index is 14.2. The molecule has 0 spiro atoms. The highest BCUT2D eigenvalue weighted by Gasteiger charge is 2.35. The standard InChI is InChI=1S/C17H26ClFN2/c1-5-12(2)15-10-21(17(3,4)11-20-15)9-13-7-6-8-14(18)16(13)19/h6-8,12,15,20H,5,9-11H2,1-4H3. The third-order valence-electron chi connectivity index (χ3n) is 4.79. The van der Waals surface area contributed by atoms with E-state index in [9.17, 15) is 4.39 Å². The zero-order valence-electron chi connectivity index (χ0n) is 13.4. The van der Waals surface area contributed by atoms with Crippen LogP contribution in [-0.2, 0) is 6.54 Å². The van der Waals surface area contributed by atoms with Crippen molar-refractivity contribution in [3.05, 3.63) is 34.6 Å². The molecule has 1 saturated heterocycles. The number of rotatable bonds is 4. The van der Waals surface area contributed by atoms with Crippen LogP contribution in [0, 0.1) is 11.7 Å². The van der Waals surface area contributed by atoms with Gasteiger partial charge in [0.05, 0.1) is 5.02 Å². The predicted molar refractivity (Wildman–Crippen MR) is 87.1 cm³/mol. The van der Waals surface area contributed by atoms with Gasteiger partial charge < -0.3 is 5.32 Å². The maximum Gasteiger partial charge on any atom is 0.146 e. The lowest BCUT2D eigenvalue weighted by Gasteiger charge is -2.47. The lowest BCUT2D eigenvalue weighted by Crippen LogP contribution is -2.62. The average Bonchev–Trinajstić information content (AvgIpc) is 2.45. The highest BCUT2D eigenvalue weighted by molar-refractivity contribution is 6.30. The molecular weight excluding hydrogens is 287 g/mol. The van der Waals surface area contributed by atoms with Crippen molar-refractivity contribution in [2.45, 2.75) is 52.2 Å². The van der Waals surface area contributed by atoms with E-state index in [1.807, 2.05) is 12.1 Å². The van der Waals surface area contributed by atoms with Crippen LogP contribution in [0.4, 0.5) is 4.39 Å². The highest BCUT2D eigenvalue weighted by Crippen LogP contribution is 2.27. The molecule has 1 aromatic rings. The third kappa shape index (κ3) is 3.77. The molecule has 118 valence electrons. The molecule has 21 heavy (non-hydrogen) atoms. The van der Waals surface area contributed by atoms with Crippen LogP contribution in [0.3, 0.4) is 0 Å². The van der Waals surface area contributed by atoms with Gasteiger partial charge in [-0.2, -0.15) is 0 Å². The second kappa shape index (κ2) is 6.64. The van der Waals surface area contributed by atoms with E-state index in [2.05, 4.69) is 37.9 Å². The summed E-state index contributed by atoms with van der Waals surface area (Å²) in [7, 11) is 0. The molecule has 1 aromatic carbocycles. The Morgan fingerprint density at radius 2 is 2.19 bits per heavy atom. The predicted octanol–water partition coefficient (Wildman–Crippen LogP) is 4.08. The molecular formula is C17H26ClFN2. The first kappa shape index (κ1) is 16.7. The first-order valence-corrected chi connectivity index (χ1v) is 8.14. The summed E-state index contributed by atoms with van der Waals surface area (Å²) in [5.74, 6) is 0.335. The number of nitrogens with zero attached hydrogens (tertiary/aromatic N) is 1. The Hall–Kier alpha value is -0.640. The second-order valence-electron chi connectivity index (χ2n) is 6.78. The molecule has 0 aliphatic carbocycles. The van der Waals surface area contributed by atoms with Crippen LogP contribution in [0.5, 0.6) is 0 Å². The Bertz CT molecular complexity index is 490. The number of benzene rings is 1. The SMILES string of the molecule is CCC(C)C1CN(Cc2cccc(Cl)c2F)C(C)(C)CN1. The molecule has 0 radical (unpaired) electrons. The van der Waals surface area contributed by atoms with Gasteiger partial charge in [-0.25, -0.2) is 4.39 Å². The molecule has 2 unspecified atom stereocenters. The maximum atomic E-state index is 14.2. The zero-order valence-corrected chi connectivity index (χ0v) is 14.2. The van der Waals surface area contributed by atoms with Crippen LogP contribution in [0.2, 0.25) is 5.02 Å². The van der Waals surface area contributed by atoms with E-state index < -0.39 is 0 Å². The van der Waals surface area contributed by atoms with Crippen LogP contribution >= 0.6 is 11.6 Å². The Morgan fingerprint density at radius 3 is 2.86 bits per heavy atom. The lowest BCUT2D eigenvalue weighted by atomic mass is 9.90. The topological polar surface area (TPSA) is 15.3 Å². The fourth-order valence-corrected chi connectivity index (χ4v) is 3.06. The molecule has 2 rings (SSSR count). The average molecular weight is 313 g/mol. The molecule has 1 aliphatic rings. The molecule has 0 aromatic heterocycles. The van der Waals surface area contributed by atoms with E-state index in [1.165, 1.54) is 0 Å². The normalized spacial score (nSPS) is 24.0. The highest BCUT2D eigenvalue weighted by atomic mass is 35.5. The Labute approximate surface area is 132 Å². The molecule has 1 N–H and O–H groups in total. The van der Waals surface area contributed by atoms with Crippen molar-refractivity contribution >= 4 is 11.6 Å². The van der Waals surface area contributed by atoms with Gasteiger partial charge in [0.25, 0.3) is 0 Å². The van der Waals surface area contributed by atoms with Gasteiger partial charge in [-0.05, 0) is 25.8 Å². The van der Waals surface area contributed by atoms with Gasteiger partial charge in [0.1, 0.15) is 5.82 Å². The van der Waals surface area contributed by atoms with E-state index in [0.717, 1.165) is 19.5 Å². The van der Waals surface area contributed by atoms with Crippen LogP contribution < -0.4 is 5.32 Å². The van der Waals surface area contributed by atoms with E-state index in [4.69, 9.17) is 11.6 Å². The van der Waals surface area contributed by atoms with Gasteiger partial charge in [0.2, 0.25) is 0 Å². The first-order chi connectivity index (χ1) is 9.85. The van der Waals surface area contributed by atoms with Crippen molar-refractivity contribution in [2.75, 3.05) is 13.1 Å². The summed E-state index contributed by atoms with van der Waals surface area (Å²) in [5.41, 5.74) is 0.694. The summed E-state index contributed by atoms with van der Waals surface area (Å²) in [6, 6.07) is 5.72. The zero-order chi connectivity index (χ0) is 15.6. The molecule has 1 aliphatic heterocycles. The Morgan fingerprint density at radius 1 is 1.48 bits per heavy atom. The van der Waals surface area contributed by atoms with Crippen LogP contribution in [-0.4, -0.2) is 29.6 Å². The molecule has 0 bridgehead atoms. The van der Waals surface area contributed by atoms with Gasteiger partial charge in [0.15, 0.2) is 0 Å². The van der Waals surface area contributed by atoms with E-state index in [1.54, 1.807) is 6.07 Å². The van der Waals surface area contributed by atoms with Crippen molar-refractivity contribution in [2.24, 2.45) is 5.92 Å². The lowest BCUT2D eigenvalue weighted by molar-refractivity contribution is 0.0440. The minimum atomic E-state index is -0.284. The fraction of sp³-hybridized carbons (Fsp3) is 0.647. The van der Waals surface area contributed by atoms with Crippen molar-refractivity contribution in [1.29, 1.82) is 0 Å². The number of hydrogen-bond acceptors (Lipinski definition) is 2. The minimum absolute atomic E-state index is 0.0126. The van der Waals surface area contributed by atoms with Gasteiger partial charge >= 0.3 is 0 Å². The number of halogens is 2. The van der Waals surface area contributed by atoms with Gasteiger partial charge in [-0.15, -0.1) is 0 Å². The number of hydrogen-bond donors (Lipinski definition) is 1. The van der Waals surface area contributed by atoms with Gasteiger partial charge in [-0.3, -0.25) is 4.90 Å². The Balaban J connectivity index is 2.16. The minimum Gasteiger partial charge on any atom is -0.311 e. The smallest absolute Gasteiger partial charge is 0.146 e. The molecule has 2 nitrogen and oxygen atoms in total. The summed E-state index contributed by atoms with van der Waals surface area (Å²) in [6.45, 7) is 11.4. The summed E-state index contributed by atoms with van der Waals surface area (Å²) < 4.78 is 14.2. The molecule has 0 saturated carbocycles. The van der Waals surface area contributed by atoms with E-state index in [-0.39, 0.29) is 16.4 Å². The van der Waals surface area contributed by atoms with Crippen LogP contribution in [0.1, 0.15) is 39.7 Å². The second-order valence-corrected chi connectivity index (χ2v) is 7.19. The molecule has 0 amide bonds. The van der Waals surface area contributed by atoms with Gasteiger partial charge in [-0.1, -0.05) is 44.0 Å². The monoisotopic (exact) mass is 312 g/mol. The first-order valence-electron chi connectivity index (χ1n) is 7.76. The molecule has 4 heteroatoms. The Kier molecular flexibility index (Phi) is 5.29. The largest absolute Gasteiger partial charge is 0.311 e. The summed E-state index contributed by atoms with van der Waals surface area (Å²) in [4.78, 5) is 2.37. The quantitative estimate of drug-likeness (QED) is 0.901. The van der Waals surface area contributed by atoms with Crippen molar-refractivity contribution < 1.29 is 4.39 Å². The molecule has 1 heterocycles. The van der Waals surface area contributed by atoms with Crippen molar-refractivity contribution in [3.63, 3.8) is 0 Å². The van der Waals surface area contributed by atoms with Crippen LogP contribution in [0.15, 0.2) is 18.2 Å². The van der Waals surface area contributed by atoms with Crippen LogP contribution in [0.25, 0.3) is 0 Å². The molecule has 2 atom stereocenters. The van der Waals surface area contributed by atoms with E-state index in [0.29, 0.717) is 24.1 Å².